The highest BCUT2D eigenvalue weighted by atomic mass is 32.2. The molecule has 0 fully saturated rings. The predicted molar refractivity (Wildman–Crippen MR) is 105 cm³/mol. The summed E-state index contributed by atoms with van der Waals surface area (Å²) in [7, 11) is -3.81. The summed E-state index contributed by atoms with van der Waals surface area (Å²) in [5.41, 5.74) is 6.38. The molecular formula is C18H19N3O5S2. The number of sulfone groups is 1. The van der Waals surface area contributed by atoms with Crippen LogP contribution in [0.5, 0.6) is 0 Å². The molecule has 1 aliphatic heterocycles. The van der Waals surface area contributed by atoms with Gasteiger partial charge in [-0.05, 0) is 24.1 Å². The van der Waals surface area contributed by atoms with Crippen LogP contribution in [0.1, 0.15) is 27.7 Å². The minimum atomic E-state index is -3.81. The monoisotopic (exact) mass is 421 g/mol. The Morgan fingerprint density at radius 1 is 1.21 bits per heavy atom. The fourth-order valence-electron chi connectivity index (χ4n) is 3.07. The lowest BCUT2D eigenvalue weighted by Gasteiger charge is -2.25. The van der Waals surface area contributed by atoms with Crippen molar-refractivity contribution in [3.8, 4) is 0 Å². The zero-order chi connectivity index (χ0) is 20.5. The van der Waals surface area contributed by atoms with E-state index in [4.69, 9.17) is 5.73 Å². The first kappa shape index (κ1) is 20.0. The van der Waals surface area contributed by atoms with Crippen LogP contribution in [0, 0.1) is 0 Å². The van der Waals surface area contributed by atoms with Crippen molar-refractivity contribution in [1.82, 2.24) is 4.90 Å². The van der Waals surface area contributed by atoms with Gasteiger partial charge in [0.2, 0.25) is 11.8 Å². The van der Waals surface area contributed by atoms with Crippen LogP contribution in [0.2, 0.25) is 0 Å². The number of nitrogens with one attached hydrogen (secondary N) is 1. The molecule has 1 aliphatic rings. The summed E-state index contributed by atoms with van der Waals surface area (Å²) < 4.78 is 24.7. The van der Waals surface area contributed by atoms with E-state index >= 15 is 0 Å². The van der Waals surface area contributed by atoms with Crippen molar-refractivity contribution in [3.63, 3.8) is 0 Å². The standard InChI is InChI=1S/C18H19N3O5S2/c1-11(22)21-8-7-13-14(9-21)27-18(16(13)17(19)24)20-15(23)10-28(25,26)12-5-3-2-4-6-12/h2-6H,7-10H2,1H3,(H2,19,24)(H,20,23). The molecular weight excluding hydrogens is 402 g/mol. The number of anilines is 1. The topological polar surface area (TPSA) is 127 Å². The molecule has 2 aromatic rings. The normalized spacial score (nSPS) is 13.7. The molecule has 0 atom stereocenters. The first-order valence-electron chi connectivity index (χ1n) is 8.46. The first-order chi connectivity index (χ1) is 13.2. The Kier molecular flexibility index (Phi) is 5.52. The molecule has 0 radical (unpaired) electrons. The lowest BCUT2D eigenvalue weighted by atomic mass is 10.0. The van der Waals surface area contributed by atoms with E-state index in [1.807, 2.05) is 0 Å². The number of benzene rings is 1. The average molecular weight is 422 g/mol. The third-order valence-corrected chi connectivity index (χ3v) is 7.19. The first-order valence-corrected chi connectivity index (χ1v) is 10.9. The van der Waals surface area contributed by atoms with Crippen LogP contribution in [-0.4, -0.2) is 43.3 Å². The van der Waals surface area contributed by atoms with Crippen molar-refractivity contribution in [2.45, 2.75) is 24.8 Å². The van der Waals surface area contributed by atoms with E-state index in [2.05, 4.69) is 5.32 Å². The highest BCUT2D eigenvalue weighted by Crippen LogP contribution is 2.37. The fourth-order valence-corrected chi connectivity index (χ4v) is 5.51. The van der Waals surface area contributed by atoms with E-state index in [0.29, 0.717) is 25.1 Å². The van der Waals surface area contributed by atoms with Crippen molar-refractivity contribution in [2.75, 3.05) is 17.6 Å². The van der Waals surface area contributed by atoms with Crippen LogP contribution in [0.4, 0.5) is 5.00 Å². The third-order valence-electron chi connectivity index (χ3n) is 4.42. The molecule has 2 heterocycles. The number of hydrogen-bond donors (Lipinski definition) is 2. The largest absolute Gasteiger partial charge is 0.365 e. The van der Waals surface area contributed by atoms with Crippen molar-refractivity contribution < 1.29 is 22.8 Å². The number of carbonyl (C=O) groups excluding carboxylic acids is 3. The molecule has 3 amide bonds. The molecule has 0 spiro atoms. The molecule has 0 saturated carbocycles. The summed E-state index contributed by atoms with van der Waals surface area (Å²) in [6.07, 6.45) is 0.446. The minimum absolute atomic E-state index is 0.0443. The van der Waals surface area contributed by atoms with Gasteiger partial charge in [-0.2, -0.15) is 0 Å². The zero-order valence-electron chi connectivity index (χ0n) is 15.1. The Bertz CT molecular complexity index is 1040. The van der Waals surface area contributed by atoms with E-state index < -0.39 is 27.4 Å². The Morgan fingerprint density at radius 2 is 1.89 bits per heavy atom. The summed E-state index contributed by atoms with van der Waals surface area (Å²) >= 11 is 1.14. The second-order valence-electron chi connectivity index (χ2n) is 6.38. The number of nitrogens with zero attached hydrogens (tertiary/aromatic N) is 1. The van der Waals surface area contributed by atoms with E-state index in [-0.39, 0.29) is 21.4 Å². The maximum Gasteiger partial charge on any atom is 0.251 e. The minimum Gasteiger partial charge on any atom is -0.365 e. The predicted octanol–water partition coefficient (Wildman–Crippen LogP) is 1.16. The van der Waals surface area contributed by atoms with E-state index in [0.717, 1.165) is 16.2 Å². The van der Waals surface area contributed by atoms with Crippen molar-refractivity contribution in [1.29, 1.82) is 0 Å². The van der Waals surface area contributed by atoms with Gasteiger partial charge in [-0.3, -0.25) is 14.4 Å². The summed E-state index contributed by atoms with van der Waals surface area (Å²) in [5.74, 6) is -2.29. The van der Waals surface area contributed by atoms with Crippen LogP contribution >= 0.6 is 11.3 Å². The maximum absolute atomic E-state index is 12.4. The Labute approximate surface area is 166 Å². The van der Waals surface area contributed by atoms with Crippen molar-refractivity contribution in [2.24, 2.45) is 5.73 Å². The zero-order valence-corrected chi connectivity index (χ0v) is 16.7. The SMILES string of the molecule is CC(=O)N1CCc2c(sc(NC(=O)CS(=O)(=O)c3ccccc3)c2C(N)=O)C1. The second-order valence-corrected chi connectivity index (χ2v) is 9.48. The van der Waals surface area contributed by atoms with Crippen LogP contribution in [0.3, 0.4) is 0 Å². The maximum atomic E-state index is 12.4. The lowest BCUT2D eigenvalue weighted by molar-refractivity contribution is -0.129. The van der Waals surface area contributed by atoms with Gasteiger partial charge in [-0.25, -0.2) is 8.42 Å². The number of primary amides is 1. The highest BCUT2D eigenvalue weighted by Gasteiger charge is 2.29. The Balaban J connectivity index is 1.83. The number of nitrogens with two attached hydrogens (primary N) is 1. The van der Waals surface area contributed by atoms with Gasteiger partial charge >= 0.3 is 0 Å². The van der Waals surface area contributed by atoms with Gasteiger partial charge in [0.1, 0.15) is 10.8 Å². The van der Waals surface area contributed by atoms with Gasteiger partial charge in [-0.15, -0.1) is 11.3 Å². The molecule has 1 aromatic carbocycles. The molecule has 0 aliphatic carbocycles. The smallest absolute Gasteiger partial charge is 0.251 e. The average Bonchev–Trinajstić information content (AvgIpc) is 2.98. The van der Waals surface area contributed by atoms with E-state index in [1.165, 1.54) is 19.1 Å². The Hall–Kier alpha value is -2.72. The van der Waals surface area contributed by atoms with Crippen LogP contribution in [0.25, 0.3) is 0 Å². The summed E-state index contributed by atoms with van der Waals surface area (Å²) in [6.45, 7) is 2.24. The summed E-state index contributed by atoms with van der Waals surface area (Å²) in [6, 6.07) is 7.65. The van der Waals surface area contributed by atoms with Crippen LogP contribution in [-0.2, 0) is 32.4 Å². The van der Waals surface area contributed by atoms with Gasteiger partial charge in [-0.1, -0.05) is 18.2 Å². The van der Waals surface area contributed by atoms with Gasteiger partial charge in [0.15, 0.2) is 9.84 Å². The number of thiophene rings is 1. The number of amides is 3. The van der Waals surface area contributed by atoms with Gasteiger partial charge in [0.05, 0.1) is 17.0 Å². The number of carbonyl (C=O) groups is 3. The number of hydrogen-bond acceptors (Lipinski definition) is 6. The molecule has 0 saturated heterocycles. The molecule has 8 nitrogen and oxygen atoms in total. The number of rotatable bonds is 5. The highest BCUT2D eigenvalue weighted by molar-refractivity contribution is 7.92. The molecule has 3 rings (SSSR count). The molecule has 148 valence electrons. The number of fused-ring (bicyclic) bond motifs is 1. The molecule has 0 unspecified atom stereocenters. The van der Waals surface area contributed by atoms with Crippen LogP contribution in [0.15, 0.2) is 35.2 Å². The molecule has 10 heteroatoms. The summed E-state index contributed by atoms with van der Waals surface area (Å²) in [4.78, 5) is 38.3. The van der Waals surface area contributed by atoms with Gasteiger partial charge in [0.25, 0.3) is 5.91 Å². The molecule has 1 aromatic heterocycles. The third kappa shape index (κ3) is 4.07. The molecule has 3 N–H and O–H groups in total. The van der Waals surface area contributed by atoms with E-state index in [9.17, 15) is 22.8 Å². The van der Waals surface area contributed by atoms with Crippen molar-refractivity contribution in [3.05, 3.63) is 46.3 Å². The lowest BCUT2D eigenvalue weighted by Crippen LogP contribution is -2.34. The van der Waals surface area contributed by atoms with Crippen molar-refractivity contribution >= 4 is 43.9 Å². The fraction of sp³-hybridized carbons (Fsp3) is 0.278. The van der Waals surface area contributed by atoms with E-state index in [1.54, 1.807) is 23.1 Å². The van der Waals surface area contributed by atoms with Gasteiger partial charge < -0.3 is 16.0 Å². The van der Waals surface area contributed by atoms with Crippen LogP contribution < -0.4 is 11.1 Å². The van der Waals surface area contributed by atoms with Gasteiger partial charge in [0, 0.05) is 18.3 Å². The Morgan fingerprint density at radius 3 is 2.50 bits per heavy atom. The summed E-state index contributed by atoms with van der Waals surface area (Å²) in [5, 5.41) is 2.73. The molecule has 0 bridgehead atoms. The molecule has 28 heavy (non-hydrogen) atoms. The quantitative estimate of drug-likeness (QED) is 0.749. The second kappa shape index (κ2) is 7.72.